The van der Waals surface area contributed by atoms with Crippen molar-refractivity contribution in [3.63, 3.8) is 0 Å². The summed E-state index contributed by atoms with van der Waals surface area (Å²) >= 11 is 0. The molecule has 0 aliphatic heterocycles. The number of hydrogen-bond donors (Lipinski definition) is 1. The summed E-state index contributed by atoms with van der Waals surface area (Å²) in [6.07, 6.45) is 2.85. The highest BCUT2D eigenvalue weighted by Crippen LogP contribution is 2.21. The lowest BCUT2D eigenvalue weighted by Gasteiger charge is -2.10. The summed E-state index contributed by atoms with van der Waals surface area (Å²) in [6.45, 7) is 1.38. The molecule has 1 amide bonds. The Balaban J connectivity index is 2.45. The van der Waals surface area contributed by atoms with Crippen molar-refractivity contribution in [3.8, 4) is 0 Å². The molecule has 1 aromatic rings. The van der Waals surface area contributed by atoms with Gasteiger partial charge < -0.3 is 5.32 Å². The van der Waals surface area contributed by atoms with E-state index in [-0.39, 0.29) is 5.91 Å². The second-order valence-electron chi connectivity index (χ2n) is 3.51. The Morgan fingerprint density at radius 3 is 2.62 bits per heavy atom. The van der Waals surface area contributed by atoms with Gasteiger partial charge in [-0.25, -0.2) is 0 Å². The van der Waals surface area contributed by atoms with E-state index in [2.05, 4.69) is 5.32 Å². The van der Waals surface area contributed by atoms with Gasteiger partial charge in [0.05, 0.1) is 0 Å². The molecule has 2 rings (SSSR count). The summed E-state index contributed by atoms with van der Waals surface area (Å²) in [5.74, 6) is -1.29. The van der Waals surface area contributed by atoms with Crippen molar-refractivity contribution in [3.05, 3.63) is 35.4 Å². The summed E-state index contributed by atoms with van der Waals surface area (Å²) in [7, 11) is 0. The lowest BCUT2D eigenvalue weighted by molar-refractivity contribution is -0.114. The van der Waals surface area contributed by atoms with Crippen LogP contribution in [-0.4, -0.2) is 17.5 Å². The van der Waals surface area contributed by atoms with Crippen LogP contribution < -0.4 is 5.32 Å². The van der Waals surface area contributed by atoms with Crippen molar-refractivity contribution in [1.82, 2.24) is 0 Å². The fraction of sp³-hybridized carbons (Fsp3) is 0.0833. The predicted octanol–water partition coefficient (Wildman–Crippen LogP) is 1.42. The molecule has 1 N–H and O–H groups in total. The number of rotatable bonds is 1. The fourth-order valence-corrected chi connectivity index (χ4v) is 1.55. The maximum atomic E-state index is 11.5. The lowest BCUT2D eigenvalue weighted by atomic mass is 9.95. The van der Waals surface area contributed by atoms with Crippen molar-refractivity contribution in [1.29, 1.82) is 0 Å². The highest BCUT2D eigenvalue weighted by atomic mass is 16.2. The van der Waals surface area contributed by atoms with Gasteiger partial charge in [0, 0.05) is 18.2 Å². The van der Waals surface area contributed by atoms with Crippen molar-refractivity contribution >= 4 is 29.2 Å². The molecule has 0 heterocycles. The minimum atomic E-state index is -0.537. The first kappa shape index (κ1) is 10.3. The van der Waals surface area contributed by atoms with E-state index < -0.39 is 11.6 Å². The van der Waals surface area contributed by atoms with Gasteiger partial charge in [-0.2, -0.15) is 0 Å². The van der Waals surface area contributed by atoms with Crippen LogP contribution in [0.3, 0.4) is 0 Å². The summed E-state index contributed by atoms with van der Waals surface area (Å²) in [5.41, 5.74) is 1.54. The maximum Gasteiger partial charge on any atom is 0.233 e. The molecular formula is C12H9NO3. The summed E-state index contributed by atoms with van der Waals surface area (Å²) in [4.78, 5) is 33.6. The molecule has 1 aliphatic rings. The van der Waals surface area contributed by atoms with Crippen molar-refractivity contribution in [2.75, 3.05) is 5.32 Å². The number of allylic oxidation sites excluding steroid dienone is 1. The van der Waals surface area contributed by atoms with Gasteiger partial charge in [-0.3, -0.25) is 14.4 Å². The SMILES string of the molecule is CC(=O)Nc1ccc2c(c1)C(=O)C(=O)C=C2. The summed E-state index contributed by atoms with van der Waals surface area (Å²) in [6, 6.07) is 4.90. The number of anilines is 1. The first-order valence-corrected chi connectivity index (χ1v) is 4.76. The van der Waals surface area contributed by atoms with Crippen molar-refractivity contribution in [2.45, 2.75) is 6.92 Å². The van der Waals surface area contributed by atoms with E-state index in [1.54, 1.807) is 18.2 Å². The smallest absolute Gasteiger partial charge is 0.233 e. The Kier molecular flexibility index (Phi) is 2.40. The Morgan fingerprint density at radius 1 is 1.19 bits per heavy atom. The molecule has 0 fully saturated rings. The van der Waals surface area contributed by atoms with Gasteiger partial charge in [-0.1, -0.05) is 12.1 Å². The quantitative estimate of drug-likeness (QED) is 0.720. The van der Waals surface area contributed by atoms with Gasteiger partial charge in [0.15, 0.2) is 0 Å². The van der Waals surface area contributed by atoms with Gasteiger partial charge in [0.1, 0.15) is 0 Å². The standard InChI is InChI=1S/C12H9NO3/c1-7(14)13-9-4-2-8-3-5-11(15)12(16)10(8)6-9/h2-6H,1H3,(H,13,14). The number of ketones is 2. The third-order valence-corrected chi connectivity index (χ3v) is 2.26. The van der Waals surface area contributed by atoms with Gasteiger partial charge >= 0.3 is 0 Å². The number of fused-ring (bicyclic) bond motifs is 1. The first-order chi connectivity index (χ1) is 7.58. The van der Waals surface area contributed by atoms with Gasteiger partial charge in [-0.15, -0.1) is 0 Å². The first-order valence-electron chi connectivity index (χ1n) is 4.76. The number of benzene rings is 1. The maximum absolute atomic E-state index is 11.5. The van der Waals surface area contributed by atoms with E-state index in [9.17, 15) is 14.4 Å². The number of amides is 1. The molecule has 0 saturated carbocycles. The van der Waals surface area contributed by atoms with Crippen LogP contribution in [0.5, 0.6) is 0 Å². The van der Waals surface area contributed by atoms with Crippen molar-refractivity contribution in [2.24, 2.45) is 0 Å². The van der Waals surface area contributed by atoms with Crippen LogP contribution in [0.4, 0.5) is 5.69 Å². The molecule has 0 bridgehead atoms. The lowest BCUT2D eigenvalue weighted by Crippen LogP contribution is -2.17. The Bertz CT molecular complexity index is 529. The zero-order valence-electron chi connectivity index (χ0n) is 8.61. The summed E-state index contributed by atoms with van der Waals surface area (Å²) < 4.78 is 0. The van der Waals surface area contributed by atoms with E-state index in [1.807, 2.05) is 0 Å². The second-order valence-corrected chi connectivity index (χ2v) is 3.51. The van der Waals surface area contributed by atoms with E-state index in [4.69, 9.17) is 0 Å². The van der Waals surface area contributed by atoms with Crippen LogP contribution in [0.2, 0.25) is 0 Å². The molecule has 0 saturated heterocycles. The van der Waals surface area contributed by atoms with Crippen LogP contribution in [-0.2, 0) is 9.59 Å². The molecule has 1 aromatic carbocycles. The highest BCUT2D eigenvalue weighted by molar-refractivity contribution is 6.50. The number of carbonyl (C=O) groups is 3. The van der Waals surface area contributed by atoms with Crippen LogP contribution in [0.1, 0.15) is 22.8 Å². The largest absolute Gasteiger partial charge is 0.326 e. The molecule has 16 heavy (non-hydrogen) atoms. The Labute approximate surface area is 92.0 Å². The van der Waals surface area contributed by atoms with Crippen LogP contribution in [0, 0.1) is 0 Å². The predicted molar refractivity (Wildman–Crippen MR) is 59.1 cm³/mol. The topological polar surface area (TPSA) is 63.2 Å². The second kappa shape index (κ2) is 3.73. The van der Waals surface area contributed by atoms with E-state index >= 15 is 0 Å². The summed E-state index contributed by atoms with van der Waals surface area (Å²) in [5, 5.41) is 2.56. The monoisotopic (exact) mass is 215 g/mol. The molecule has 0 unspecified atom stereocenters. The molecular weight excluding hydrogens is 206 g/mol. The number of carbonyl (C=O) groups excluding carboxylic acids is 3. The van der Waals surface area contributed by atoms with E-state index in [1.165, 1.54) is 19.1 Å². The number of Topliss-reactive ketones (excluding diaryl/α,β-unsaturated/α-hetero) is 1. The van der Waals surface area contributed by atoms with E-state index in [0.29, 0.717) is 16.8 Å². The normalized spacial score (nSPS) is 13.6. The highest BCUT2D eigenvalue weighted by Gasteiger charge is 2.20. The van der Waals surface area contributed by atoms with E-state index in [0.717, 1.165) is 0 Å². The van der Waals surface area contributed by atoms with Crippen LogP contribution in [0.25, 0.3) is 6.08 Å². The van der Waals surface area contributed by atoms with Crippen LogP contribution >= 0.6 is 0 Å². The molecule has 4 heteroatoms. The molecule has 1 aliphatic carbocycles. The molecule has 0 atom stereocenters. The van der Waals surface area contributed by atoms with Crippen molar-refractivity contribution < 1.29 is 14.4 Å². The minimum Gasteiger partial charge on any atom is -0.326 e. The fourth-order valence-electron chi connectivity index (χ4n) is 1.55. The Morgan fingerprint density at radius 2 is 1.94 bits per heavy atom. The molecule has 0 radical (unpaired) electrons. The molecule has 0 spiro atoms. The molecule has 0 aromatic heterocycles. The third-order valence-electron chi connectivity index (χ3n) is 2.26. The number of hydrogen-bond acceptors (Lipinski definition) is 3. The van der Waals surface area contributed by atoms with Crippen LogP contribution in [0.15, 0.2) is 24.3 Å². The van der Waals surface area contributed by atoms with Gasteiger partial charge in [0.25, 0.3) is 0 Å². The zero-order chi connectivity index (χ0) is 11.7. The average molecular weight is 215 g/mol. The van der Waals surface area contributed by atoms with Gasteiger partial charge in [-0.05, 0) is 23.8 Å². The molecule has 80 valence electrons. The van der Waals surface area contributed by atoms with Gasteiger partial charge in [0.2, 0.25) is 17.5 Å². The Hall–Kier alpha value is -2.23. The zero-order valence-corrected chi connectivity index (χ0v) is 8.61. The molecule has 4 nitrogen and oxygen atoms in total. The number of nitrogens with one attached hydrogen (secondary N) is 1. The minimum absolute atomic E-state index is 0.218. The average Bonchev–Trinajstić information content (AvgIpc) is 2.23. The third kappa shape index (κ3) is 1.77.